The molecule has 0 saturated heterocycles. The van der Waals surface area contributed by atoms with Gasteiger partial charge in [-0.3, -0.25) is 9.36 Å². The molecule has 27 heavy (non-hydrogen) atoms. The maximum absolute atomic E-state index is 12.2. The first-order chi connectivity index (χ1) is 12.9. The van der Waals surface area contributed by atoms with E-state index < -0.39 is 0 Å². The van der Waals surface area contributed by atoms with E-state index in [1.165, 1.54) is 11.8 Å². The highest BCUT2D eigenvalue weighted by molar-refractivity contribution is 7.99. The number of carbonyl (C=O) groups excluding carboxylic acids is 1. The Morgan fingerprint density at radius 1 is 1.26 bits per heavy atom. The monoisotopic (exact) mass is 386 g/mol. The van der Waals surface area contributed by atoms with Crippen molar-refractivity contribution in [1.29, 1.82) is 0 Å². The molecule has 1 amide bonds. The summed E-state index contributed by atoms with van der Waals surface area (Å²) in [6.07, 6.45) is 1.59. The van der Waals surface area contributed by atoms with Crippen molar-refractivity contribution in [1.82, 2.24) is 20.1 Å². The van der Waals surface area contributed by atoms with Gasteiger partial charge < -0.3 is 14.5 Å². The number of carbonyl (C=O) groups is 1. The van der Waals surface area contributed by atoms with Gasteiger partial charge in [0, 0.05) is 11.6 Å². The van der Waals surface area contributed by atoms with Gasteiger partial charge in [0.2, 0.25) is 11.7 Å². The van der Waals surface area contributed by atoms with Crippen molar-refractivity contribution in [2.75, 3.05) is 12.9 Å². The van der Waals surface area contributed by atoms with Crippen LogP contribution in [0.5, 0.6) is 5.75 Å². The number of hydrogen-bond acceptors (Lipinski definition) is 6. The number of hydrogen-bond donors (Lipinski definition) is 1. The lowest BCUT2D eigenvalue weighted by molar-refractivity contribution is -0.119. The molecule has 2 aromatic heterocycles. The Hall–Kier alpha value is -2.74. The second-order valence-electron chi connectivity index (χ2n) is 6.91. The van der Waals surface area contributed by atoms with Gasteiger partial charge >= 0.3 is 0 Å². The summed E-state index contributed by atoms with van der Waals surface area (Å²) in [4.78, 5) is 12.2. The van der Waals surface area contributed by atoms with Gasteiger partial charge in [0.1, 0.15) is 5.75 Å². The van der Waals surface area contributed by atoms with Crippen LogP contribution in [-0.4, -0.2) is 39.1 Å². The van der Waals surface area contributed by atoms with E-state index in [1.807, 2.05) is 55.7 Å². The van der Waals surface area contributed by atoms with E-state index in [4.69, 9.17) is 9.15 Å². The zero-order valence-corrected chi connectivity index (χ0v) is 16.5. The SMILES string of the molecule is COc1cccc(-n2c(SCC(=O)NC(C)(C)C)nnc2-c2ccco2)c1. The smallest absolute Gasteiger partial charge is 0.230 e. The molecule has 3 aromatic rings. The van der Waals surface area contributed by atoms with E-state index in [0.29, 0.717) is 22.5 Å². The molecule has 142 valence electrons. The summed E-state index contributed by atoms with van der Waals surface area (Å²) in [7, 11) is 1.62. The summed E-state index contributed by atoms with van der Waals surface area (Å²) in [6, 6.07) is 11.2. The number of ether oxygens (including phenoxy) is 1. The molecule has 0 aliphatic carbocycles. The van der Waals surface area contributed by atoms with Crippen LogP contribution in [0.3, 0.4) is 0 Å². The van der Waals surface area contributed by atoms with Gasteiger partial charge in [-0.05, 0) is 45.0 Å². The Bertz CT molecular complexity index is 913. The molecule has 2 heterocycles. The van der Waals surface area contributed by atoms with Crippen molar-refractivity contribution in [3.63, 3.8) is 0 Å². The largest absolute Gasteiger partial charge is 0.497 e. The summed E-state index contributed by atoms with van der Waals surface area (Å²) in [5.74, 6) is 2.04. The average Bonchev–Trinajstić information content (AvgIpc) is 3.27. The van der Waals surface area contributed by atoms with E-state index in [9.17, 15) is 4.79 Å². The third-order valence-electron chi connectivity index (χ3n) is 3.53. The van der Waals surface area contributed by atoms with Gasteiger partial charge in [0.25, 0.3) is 0 Å². The molecule has 0 bridgehead atoms. The molecule has 1 aromatic carbocycles. The van der Waals surface area contributed by atoms with Crippen LogP contribution >= 0.6 is 11.8 Å². The number of furan rings is 1. The summed E-state index contributed by atoms with van der Waals surface area (Å²) in [5, 5.41) is 12.1. The number of nitrogens with zero attached hydrogens (tertiary/aromatic N) is 3. The zero-order valence-electron chi connectivity index (χ0n) is 15.7. The fraction of sp³-hybridized carbons (Fsp3) is 0.316. The molecule has 0 radical (unpaired) electrons. The Kier molecular flexibility index (Phi) is 5.55. The van der Waals surface area contributed by atoms with Crippen LogP contribution in [0.15, 0.2) is 52.2 Å². The van der Waals surface area contributed by atoms with Crippen LogP contribution in [0.1, 0.15) is 20.8 Å². The summed E-state index contributed by atoms with van der Waals surface area (Å²) in [6.45, 7) is 5.84. The molecular weight excluding hydrogens is 364 g/mol. The van der Waals surface area contributed by atoms with E-state index in [-0.39, 0.29) is 17.2 Å². The molecule has 7 nitrogen and oxygen atoms in total. The topological polar surface area (TPSA) is 82.2 Å². The minimum atomic E-state index is -0.280. The second-order valence-corrected chi connectivity index (χ2v) is 7.85. The molecule has 0 fully saturated rings. The minimum absolute atomic E-state index is 0.0627. The first-order valence-electron chi connectivity index (χ1n) is 8.45. The van der Waals surface area contributed by atoms with Crippen molar-refractivity contribution in [3.05, 3.63) is 42.7 Å². The molecule has 1 N–H and O–H groups in total. The Balaban J connectivity index is 1.93. The standard InChI is InChI=1S/C19H22N4O3S/c1-19(2,3)20-16(24)12-27-18-22-21-17(15-9-6-10-26-15)23(18)13-7-5-8-14(11-13)25-4/h5-11H,12H2,1-4H3,(H,20,24). The Morgan fingerprint density at radius 2 is 2.07 bits per heavy atom. The van der Waals surface area contributed by atoms with E-state index >= 15 is 0 Å². The van der Waals surface area contributed by atoms with Crippen molar-refractivity contribution in [2.24, 2.45) is 0 Å². The third-order valence-corrected chi connectivity index (χ3v) is 4.46. The molecule has 0 aliphatic heterocycles. The highest BCUT2D eigenvalue weighted by Crippen LogP contribution is 2.29. The van der Waals surface area contributed by atoms with Gasteiger partial charge in [0.05, 0.1) is 24.8 Å². The number of aromatic nitrogens is 3. The van der Waals surface area contributed by atoms with Crippen molar-refractivity contribution >= 4 is 17.7 Å². The minimum Gasteiger partial charge on any atom is -0.497 e. The molecule has 0 saturated carbocycles. The molecule has 0 spiro atoms. The number of benzene rings is 1. The van der Waals surface area contributed by atoms with E-state index in [0.717, 1.165) is 5.69 Å². The summed E-state index contributed by atoms with van der Waals surface area (Å²) < 4.78 is 12.7. The fourth-order valence-corrected chi connectivity index (χ4v) is 3.25. The maximum Gasteiger partial charge on any atom is 0.230 e. The van der Waals surface area contributed by atoms with Gasteiger partial charge in [0.15, 0.2) is 10.9 Å². The van der Waals surface area contributed by atoms with Crippen LogP contribution < -0.4 is 10.1 Å². The lowest BCUT2D eigenvalue weighted by Crippen LogP contribution is -2.41. The van der Waals surface area contributed by atoms with Crippen LogP contribution in [0.4, 0.5) is 0 Å². The number of rotatable bonds is 6. The first-order valence-corrected chi connectivity index (χ1v) is 9.43. The second kappa shape index (κ2) is 7.87. The predicted molar refractivity (Wildman–Crippen MR) is 104 cm³/mol. The van der Waals surface area contributed by atoms with Crippen LogP contribution in [0.2, 0.25) is 0 Å². The number of amides is 1. The fourth-order valence-electron chi connectivity index (χ4n) is 2.50. The molecule has 0 atom stereocenters. The normalized spacial score (nSPS) is 11.4. The Labute approximate surface area is 162 Å². The predicted octanol–water partition coefficient (Wildman–Crippen LogP) is 3.54. The lowest BCUT2D eigenvalue weighted by Gasteiger charge is -2.20. The maximum atomic E-state index is 12.2. The average molecular weight is 386 g/mol. The highest BCUT2D eigenvalue weighted by Gasteiger charge is 2.20. The Morgan fingerprint density at radius 3 is 2.74 bits per heavy atom. The number of methoxy groups -OCH3 is 1. The molecule has 0 unspecified atom stereocenters. The molecular formula is C19H22N4O3S. The third kappa shape index (κ3) is 4.71. The van der Waals surface area contributed by atoms with E-state index in [2.05, 4.69) is 15.5 Å². The van der Waals surface area contributed by atoms with Crippen molar-refractivity contribution in [3.8, 4) is 23.0 Å². The van der Waals surface area contributed by atoms with Gasteiger partial charge in [-0.25, -0.2) is 0 Å². The van der Waals surface area contributed by atoms with E-state index in [1.54, 1.807) is 19.4 Å². The molecule has 0 aliphatic rings. The van der Waals surface area contributed by atoms with Crippen LogP contribution in [0, 0.1) is 0 Å². The molecule has 3 rings (SSSR count). The summed E-state index contributed by atoms with van der Waals surface area (Å²) >= 11 is 1.32. The van der Waals surface area contributed by atoms with Crippen LogP contribution in [-0.2, 0) is 4.79 Å². The quantitative estimate of drug-likeness (QED) is 0.653. The highest BCUT2D eigenvalue weighted by atomic mass is 32.2. The first kappa shape index (κ1) is 19.0. The lowest BCUT2D eigenvalue weighted by atomic mass is 10.1. The van der Waals surface area contributed by atoms with Crippen LogP contribution in [0.25, 0.3) is 17.3 Å². The molecule has 8 heteroatoms. The number of nitrogens with one attached hydrogen (secondary N) is 1. The summed E-state index contributed by atoms with van der Waals surface area (Å²) in [5.41, 5.74) is 0.543. The van der Waals surface area contributed by atoms with Gasteiger partial charge in [-0.2, -0.15) is 0 Å². The van der Waals surface area contributed by atoms with Crippen molar-refractivity contribution < 1.29 is 13.9 Å². The van der Waals surface area contributed by atoms with Crippen molar-refractivity contribution in [2.45, 2.75) is 31.5 Å². The zero-order chi connectivity index (χ0) is 19.4. The number of thioether (sulfide) groups is 1. The van der Waals surface area contributed by atoms with Gasteiger partial charge in [-0.15, -0.1) is 10.2 Å². The van der Waals surface area contributed by atoms with Gasteiger partial charge in [-0.1, -0.05) is 17.8 Å².